The topological polar surface area (TPSA) is 73.2 Å². The maximum Gasteiger partial charge on any atom is 0.269 e. The van der Waals surface area contributed by atoms with Crippen LogP contribution in [0.2, 0.25) is 5.02 Å². The van der Waals surface area contributed by atoms with E-state index in [-0.39, 0.29) is 11.5 Å². The van der Waals surface area contributed by atoms with E-state index in [4.69, 9.17) is 11.6 Å². The molecule has 7 heteroatoms. The van der Waals surface area contributed by atoms with Gasteiger partial charge in [-0.2, -0.15) is 5.26 Å². The molecule has 34 heavy (non-hydrogen) atoms. The molecule has 1 aliphatic heterocycles. The fraction of sp³-hybridized carbons (Fsp3) is 0.148. The van der Waals surface area contributed by atoms with E-state index in [0.29, 0.717) is 27.8 Å². The van der Waals surface area contributed by atoms with Crippen molar-refractivity contribution in [3.8, 4) is 6.07 Å². The lowest BCUT2D eigenvalue weighted by Gasteiger charge is -2.20. The van der Waals surface area contributed by atoms with Crippen LogP contribution in [-0.4, -0.2) is 17.1 Å². The molecule has 0 radical (unpaired) electrons. The number of carbonyl (C=O) groups is 2. The molecule has 1 aliphatic rings. The van der Waals surface area contributed by atoms with Crippen LogP contribution in [0.15, 0.2) is 83.4 Å². The lowest BCUT2D eigenvalue weighted by molar-refractivity contribution is -0.117. The summed E-state index contributed by atoms with van der Waals surface area (Å²) in [6.07, 6.45) is 0.425. The van der Waals surface area contributed by atoms with E-state index >= 15 is 0 Å². The van der Waals surface area contributed by atoms with Crippen LogP contribution < -0.4 is 10.2 Å². The van der Waals surface area contributed by atoms with Gasteiger partial charge in [0.2, 0.25) is 5.91 Å². The summed E-state index contributed by atoms with van der Waals surface area (Å²) >= 11 is 7.37. The summed E-state index contributed by atoms with van der Waals surface area (Å²) in [5, 5.41) is 13.2. The average Bonchev–Trinajstić information content (AvgIpc) is 3.11. The number of benzene rings is 3. The third-order valence-electron chi connectivity index (χ3n) is 5.48. The number of hydrogen-bond acceptors (Lipinski definition) is 4. The van der Waals surface area contributed by atoms with Crippen LogP contribution in [-0.2, 0) is 16.0 Å². The van der Waals surface area contributed by atoms with E-state index in [1.165, 1.54) is 16.7 Å². The Bertz CT molecular complexity index is 1330. The highest BCUT2D eigenvalue weighted by molar-refractivity contribution is 8.05. The first-order chi connectivity index (χ1) is 16.4. The Balaban J connectivity index is 1.74. The molecule has 0 aromatic heterocycles. The first kappa shape index (κ1) is 23.6. The quantitative estimate of drug-likeness (QED) is 0.352. The molecule has 1 saturated heterocycles. The predicted octanol–water partition coefficient (Wildman–Crippen LogP) is 6.02. The molecule has 1 fully saturated rings. The van der Waals surface area contributed by atoms with Crippen molar-refractivity contribution in [1.82, 2.24) is 0 Å². The van der Waals surface area contributed by atoms with Crippen molar-refractivity contribution in [2.75, 3.05) is 10.2 Å². The molecule has 0 spiro atoms. The van der Waals surface area contributed by atoms with E-state index in [0.717, 1.165) is 16.7 Å². The Labute approximate surface area is 208 Å². The van der Waals surface area contributed by atoms with Gasteiger partial charge in [-0.3, -0.25) is 14.5 Å². The summed E-state index contributed by atoms with van der Waals surface area (Å²) in [5.74, 6) is -0.728. The highest BCUT2D eigenvalue weighted by Gasteiger charge is 2.41. The molecule has 4 rings (SSSR count). The maximum absolute atomic E-state index is 13.6. The summed E-state index contributed by atoms with van der Waals surface area (Å²) in [7, 11) is 0. The number of halogens is 1. The minimum Gasteiger partial charge on any atom is -0.321 e. The Morgan fingerprint density at radius 2 is 1.82 bits per heavy atom. The molecular weight excluding hydrogens is 466 g/mol. The zero-order valence-corrected chi connectivity index (χ0v) is 20.3. The maximum atomic E-state index is 13.6. The van der Waals surface area contributed by atoms with Gasteiger partial charge in [-0.25, -0.2) is 0 Å². The molecule has 0 bridgehead atoms. The van der Waals surface area contributed by atoms with Gasteiger partial charge in [-0.05, 0) is 61.7 Å². The van der Waals surface area contributed by atoms with Crippen LogP contribution in [0.25, 0.3) is 0 Å². The van der Waals surface area contributed by atoms with Gasteiger partial charge in [-0.15, -0.1) is 0 Å². The molecule has 0 unspecified atom stereocenters. The molecule has 1 N–H and O–H groups in total. The van der Waals surface area contributed by atoms with Gasteiger partial charge in [-0.1, -0.05) is 71.4 Å². The lowest BCUT2D eigenvalue weighted by Crippen LogP contribution is -2.31. The number of thioether (sulfide) groups is 1. The third-order valence-corrected chi connectivity index (χ3v) is 6.98. The molecule has 2 amide bonds. The highest BCUT2D eigenvalue weighted by atomic mass is 35.5. The fourth-order valence-corrected chi connectivity index (χ4v) is 5.24. The van der Waals surface area contributed by atoms with Gasteiger partial charge >= 0.3 is 0 Å². The van der Waals surface area contributed by atoms with Crippen molar-refractivity contribution in [3.05, 3.63) is 105 Å². The summed E-state index contributed by atoms with van der Waals surface area (Å²) in [5.41, 5.74) is 3.97. The lowest BCUT2D eigenvalue weighted by atomic mass is 10.1. The molecule has 170 valence electrons. The van der Waals surface area contributed by atoms with Crippen molar-refractivity contribution in [2.24, 2.45) is 0 Å². The number of nitrogens with zero attached hydrogens (tertiary/aromatic N) is 2. The van der Waals surface area contributed by atoms with Gasteiger partial charge in [0.1, 0.15) is 16.7 Å². The van der Waals surface area contributed by atoms with Crippen molar-refractivity contribution in [1.29, 1.82) is 5.26 Å². The van der Waals surface area contributed by atoms with Crippen molar-refractivity contribution in [2.45, 2.75) is 25.5 Å². The van der Waals surface area contributed by atoms with Gasteiger partial charge in [0.15, 0.2) is 0 Å². The zero-order chi connectivity index (χ0) is 24.2. The number of nitrogens with one attached hydrogen (secondary N) is 1. The summed E-state index contributed by atoms with van der Waals surface area (Å²) in [6.45, 7) is 3.85. The van der Waals surface area contributed by atoms with Crippen molar-refractivity contribution < 1.29 is 9.59 Å². The number of carbonyl (C=O) groups excluding carboxylic acids is 2. The summed E-state index contributed by atoms with van der Waals surface area (Å²) in [6, 6.07) is 24.1. The van der Waals surface area contributed by atoms with Crippen LogP contribution in [0.5, 0.6) is 0 Å². The molecule has 1 atom stereocenters. The van der Waals surface area contributed by atoms with Crippen LogP contribution in [0.4, 0.5) is 11.4 Å². The smallest absolute Gasteiger partial charge is 0.269 e. The first-order valence-electron chi connectivity index (χ1n) is 10.7. The van der Waals surface area contributed by atoms with E-state index in [9.17, 15) is 14.9 Å². The Morgan fingerprint density at radius 3 is 2.50 bits per heavy atom. The normalized spacial score (nSPS) is 16.8. The highest BCUT2D eigenvalue weighted by Crippen LogP contribution is 2.43. The number of rotatable bonds is 5. The van der Waals surface area contributed by atoms with Crippen LogP contribution >= 0.6 is 23.4 Å². The summed E-state index contributed by atoms with van der Waals surface area (Å²) < 4.78 is 0. The molecule has 5 nitrogen and oxygen atoms in total. The Morgan fingerprint density at radius 1 is 1.09 bits per heavy atom. The van der Waals surface area contributed by atoms with E-state index in [1.54, 1.807) is 18.2 Å². The van der Waals surface area contributed by atoms with E-state index in [1.807, 2.05) is 74.5 Å². The Hall–Kier alpha value is -3.53. The van der Waals surface area contributed by atoms with Gasteiger partial charge in [0.25, 0.3) is 5.91 Å². The summed E-state index contributed by atoms with van der Waals surface area (Å²) in [4.78, 5) is 28.2. The number of amides is 2. The molecular formula is C27H22ClN3O2S. The molecule has 3 aromatic carbocycles. The van der Waals surface area contributed by atoms with E-state index < -0.39 is 11.2 Å². The van der Waals surface area contributed by atoms with Crippen LogP contribution in [0, 0.1) is 25.2 Å². The van der Waals surface area contributed by atoms with E-state index in [2.05, 4.69) is 5.32 Å². The molecule has 3 aromatic rings. The monoisotopic (exact) mass is 487 g/mol. The second kappa shape index (κ2) is 10.2. The average molecular weight is 488 g/mol. The molecule has 1 heterocycles. The largest absolute Gasteiger partial charge is 0.321 e. The van der Waals surface area contributed by atoms with Crippen LogP contribution in [0.1, 0.15) is 16.7 Å². The number of hydrogen-bond donors (Lipinski definition) is 1. The van der Waals surface area contributed by atoms with Gasteiger partial charge in [0.05, 0.1) is 10.9 Å². The number of anilines is 2. The minimum atomic E-state index is -0.552. The number of aryl methyl sites for hydroxylation is 2. The third kappa shape index (κ3) is 5.01. The standard InChI is InChI=1S/C27H22ClN3O2S/c1-17-10-12-21(13-11-17)30-25(32)22(16-29)27-31(23-9-4-3-6-18(23)2)26(33)24(34-27)15-19-7-5-8-20(28)14-19/h3-14,24H,15H2,1-2H3,(H,30,32)/b27-22-/t24-/m1/s1. The predicted molar refractivity (Wildman–Crippen MR) is 138 cm³/mol. The fourth-order valence-electron chi connectivity index (χ4n) is 3.73. The zero-order valence-electron chi connectivity index (χ0n) is 18.7. The minimum absolute atomic E-state index is 0.101. The van der Waals surface area contributed by atoms with Gasteiger partial charge < -0.3 is 5.32 Å². The number of para-hydroxylation sites is 1. The van der Waals surface area contributed by atoms with Crippen molar-refractivity contribution in [3.63, 3.8) is 0 Å². The van der Waals surface area contributed by atoms with Crippen molar-refractivity contribution >= 4 is 46.6 Å². The molecule has 0 saturated carbocycles. The van der Waals surface area contributed by atoms with Gasteiger partial charge in [0, 0.05) is 10.7 Å². The molecule has 0 aliphatic carbocycles. The second-order valence-corrected chi connectivity index (χ2v) is 9.64. The second-order valence-electron chi connectivity index (χ2n) is 8.01. The Kier molecular flexibility index (Phi) is 7.06. The SMILES string of the molecule is Cc1ccc(NC(=O)/C(C#N)=C2\S[C@H](Cc3cccc(Cl)c3)C(=O)N2c2ccccc2C)cc1. The first-order valence-corrected chi connectivity index (χ1v) is 12.0. The number of nitriles is 1. The van der Waals surface area contributed by atoms with Crippen LogP contribution in [0.3, 0.4) is 0 Å².